The van der Waals surface area contributed by atoms with E-state index in [2.05, 4.69) is 10.3 Å². The minimum Gasteiger partial charge on any atom is -0.342 e. The van der Waals surface area contributed by atoms with Crippen molar-refractivity contribution in [2.45, 2.75) is 18.6 Å². The van der Waals surface area contributed by atoms with Crippen molar-refractivity contribution in [1.29, 1.82) is 0 Å². The monoisotopic (exact) mass is 373 g/mol. The second-order valence-corrected chi connectivity index (χ2v) is 6.18. The van der Waals surface area contributed by atoms with E-state index in [0.717, 1.165) is 17.7 Å². The first-order chi connectivity index (χ1) is 12.8. The van der Waals surface area contributed by atoms with Gasteiger partial charge in [-0.05, 0) is 17.2 Å². The van der Waals surface area contributed by atoms with E-state index in [1.807, 2.05) is 37.4 Å². The van der Waals surface area contributed by atoms with Gasteiger partial charge >= 0.3 is 6.18 Å². The van der Waals surface area contributed by atoms with Gasteiger partial charge in [0.05, 0.1) is 12.0 Å². The molecule has 0 aliphatic heterocycles. The molecule has 140 valence electrons. The van der Waals surface area contributed by atoms with Gasteiger partial charge in [-0.2, -0.15) is 13.2 Å². The molecular weight excluding hydrogens is 355 g/mol. The molecule has 0 fully saturated rings. The molecule has 0 saturated heterocycles. The second kappa shape index (κ2) is 7.65. The summed E-state index contributed by atoms with van der Waals surface area (Å²) >= 11 is 0. The third kappa shape index (κ3) is 4.55. The number of hydrogen-bond donors (Lipinski definition) is 1. The van der Waals surface area contributed by atoms with Gasteiger partial charge in [0, 0.05) is 19.4 Å². The molecule has 7 heteroatoms. The molecule has 0 spiro atoms. The standard InChI is InChI=1S/C20H18F3N3O/c1-26-11-10-24-19(26)18(15-7-3-2-4-8-15)25-17(27)13-14-6-5-9-16(12-14)20(21,22)23/h2-12,18H,13H2,1H3,(H,25,27)/t18-/m1/s1. The molecule has 1 heterocycles. The van der Waals surface area contributed by atoms with Gasteiger partial charge in [-0.1, -0.05) is 48.5 Å². The molecule has 4 nitrogen and oxygen atoms in total. The van der Waals surface area contributed by atoms with Gasteiger partial charge in [-0.15, -0.1) is 0 Å². The van der Waals surface area contributed by atoms with Crippen LogP contribution in [-0.2, 0) is 24.4 Å². The van der Waals surface area contributed by atoms with E-state index < -0.39 is 17.8 Å². The Bertz CT molecular complexity index is 919. The largest absolute Gasteiger partial charge is 0.416 e. The zero-order chi connectivity index (χ0) is 19.4. The maximum Gasteiger partial charge on any atom is 0.416 e. The maximum absolute atomic E-state index is 12.9. The van der Waals surface area contributed by atoms with Crippen LogP contribution in [0.5, 0.6) is 0 Å². The Kier molecular flexibility index (Phi) is 5.30. The van der Waals surface area contributed by atoms with Crippen LogP contribution in [0.4, 0.5) is 13.2 Å². The highest BCUT2D eigenvalue weighted by Crippen LogP contribution is 2.29. The topological polar surface area (TPSA) is 46.9 Å². The molecule has 1 N–H and O–H groups in total. The van der Waals surface area contributed by atoms with E-state index in [0.29, 0.717) is 11.4 Å². The van der Waals surface area contributed by atoms with Crippen LogP contribution < -0.4 is 5.32 Å². The Hall–Kier alpha value is -3.09. The first-order valence-corrected chi connectivity index (χ1v) is 8.32. The number of aryl methyl sites for hydroxylation is 1. The Morgan fingerprint density at radius 3 is 2.52 bits per heavy atom. The van der Waals surface area contributed by atoms with Crippen LogP contribution in [-0.4, -0.2) is 15.5 Å². The number of alkyl halides is 3. The molecule has 27 heavy (non-hydrogen) atoms. The van der Waals surface area contributed by atoms with Crippen LogP contribution in [0.25, 0.3) is 0 Å². The summed E-state index contributed by atoms with van der Waals surface area (Å²) < 4.78 is 40.4. The number of benzene rings is 2. The van der Waals surface area contributed by atoms with Crippen LogP contribution >= 0.6 is 0 Å². The maximum atomic E-state index is 12.9. The fourth-order valence-electron chi connectivity index (χ4n) is 2.85. The minimum absolute atomic E-state index is 0.155. The Morgan fingerprint density at radius 2 is 1.89 bits per heavy atom. The van der Waals surface area contributed by atoms with Crippen molar-refractivity contribution in [2.75, 3.05) is 0 Å². The van der Waals surface area contributed by atoms with Gasteiger partial charge in [0.15, 0.2) is 0 Å². The average Bonchev–Trinajstić information content (AvgIpc) is 3.06. The second-order valence-electron chi connectivity index (χ2n) is 6.18. The number of imidazole rings is 1. The molecule has 0 aliphatic carbocycles. The van der Waals surface area contributed by atoms with Crippen LogP contribution in [0.15, 0.2) is 67.0 Å². The summed E-state index contributed by atoms with van der Waals surface area (Å²) in [6.45, 7) is 0. The molecule has 1 atom stereocenters. The highest BCUT2D eigenvalue weighted by Gasteiger charge is 2.30. The van der Waals surface area contributed by atoms with Crippen LogP contribution in [0.2, 0.25) is 0 Å². The lowest BCUT2D eigenvalue weighted by atomic mass is 10.0. The molecule has 0 aliphatic rings. The summed E-state index contributed by atoms with van der Waals surface area (Å²) in [4.78, 5) is 16.8. The molecular formula is C20H18F3N3O. The average molecular weight is 373 g/mol. The van der Waals surface area contributed by atoms with Crippen molar-refractivity contribution >= 4 is 5.91 Å². The molecule has 0 unspecified atom stereocenters. The Balaban J connectivity index is 1.81. The lowest BCUT2D eigenvalue weighted by molar-refractivity contribution is -0.137. The summed E-state index contributed by atoms with van der Waals surface area (Å²) in [5.74, 6) is 0.254. The van der Waals surface area contributed by atoms with Crippen molar-refractivity contribution in [1.82, 2.24) is 14.9 Å². The number of nitrogens with one attached hydrogen (secondary N) is 1. The number of nitrogens with zero attached hydrogens (tertiary/aromatic N) is 2. The van der Waals surface area contributed by atoms with Gasteiger partial charge in [0.25, 0.3) is 0 Å². The fraction of sp³-hybridized carbons (Fsp3) is 0.200. The van der Waals surface area contributed by atoms with Gasteiger partial charge in [-0.3, -0.25) is 4.79 Å². The number of hydrogen-bond acceptors (Lipinski definition) is 2. The zero-order valence-corrected chi connectivity index (χ0v) is 14.6. The molecule has 0 saturated carbocycles. The van der Waals surface area contributed by atoms with Crippen molar-refractivity contribution in [3.05, 3.63) is 89.5 Å². The molecule has 3 aromatic rings. The minimum atomic E-state index is -4.44. The number of carbonyl (C=O) groups excluding carboxylic acids is 1. The third-order valence-corrected chi connectivity index (χ3v) is 4.17. The van der Waals surface area contributed by atoms with Crippen LogP contribution in [0.3, 0.4) is 0 Å². The quantitative estimate of drug-likeness (QED) is 0.738. The van der Waals surface area contributed by atoms with E-state index in [9.17, 15) is 18.0 Å². The van der Waals surface area contributed by atoms with Crippen molar-refractivity contribution in [3.63, 3.8) is 0 Å². The Morgan fingerprint density at radius 1 is 1.15 bits per heavy atom. The van der Waals surface area contributed by atoms with E-state index in [-0.39, 0.29) is 12.3 Å². The van der Waals surface area contributed by atoms with Crippen molar-refractivity contribution in [2.24, 2.45) is 7.05 Å². The first kappa shape index (κ1) is 18.7. The molecule has 0 bridgehead atoms. The lowest BCUT2D eigenvalue weighted by Crippen LogP contribution is -2.32. The summed E-state index contributed by atoms with van der Waals surface area (Å²) in [7, 11) is 1.82. The normalized spacial score (nSPS) is 12.6. The van der Waals surface area contributed by atoms with Crippen LogP contribution in [0, 0.1) is 0 Å². The number of rotatable bonds is 5. The van der Waals surface area contributed by atoms with Gasteiger partial charge in [0.2, 0.25) is 5.91 Å². The number of halogens is 3. The number of carbonyl (C=O) groups is 1. The molecule has 0 radical (unpaired) electrons. The van der Waals surface area contributed by atoms with Gasteiger partial charge in [-0.25, -0.2) is 4.98 Å². The van der Waals surface area contributed by atoms with E-state index in [1.54, 1.807) is 17.0 Å². The van der Waals surface area contributed by atoms with Gasteiger partial charge < -0.3 is 9.88 Å². The summed E-state index contributed by atoms with van der Waals surface area (Å²) in [6, 6.07) is 13.6. The van der Waals surface area contributed by atoms with Crippen LogP contribution in [0.1, 0.15) is 28.6 Å². The smallest absolute Gasteiger partial charge is 0.342 e. The molecule has 1 aromatic heterocycles. The lowest BCUT2D eigenvalue weighted by Gasteiger charge is -2.19. The number of amides is 1. The van der Waals surface area contributed by atoms with Crippen molar-refractivity contribution < 1.29 is 18.0 Å². The Labute approximate surface area is 154 Å². The van der Waals surface area contributed by atoms with E-state index in [4.69, 9.17) is 0 Å². The summed E-state index contributed by atoms with van der Waals surface area (Å²) in [5, 5.41) is 2.88. The summed E-state index contributed by atoms with van der Waals surface area (Å²) in [5.41, 5.74) is 0.370. The highest BCUT2D eigenvalue weighted by molar-refractivity contribution is 5.79. The first-order valence-electron chi connectivity index (χ1n) is 8.32. The predicted molar refractivity (Wildman–Crippen MR) is 94.8 cm³/mol. The zero-order valence-electron chi connectivity index (χ0n) is 14.6. The fourth-order valence-corrected chi connectivity index (χ4v) is 2.85. The van der Waals surface area contributed by atoms with Crippen molar-refractivity contribution in [3.8, 4) is 0 Å². The molecule has 2 aromatic carbocycles. The SMILES string of the molecule is Cn1ccnc1[C@H](NC(=O)Cc1cccc(C(F)(F)F)c1)c1ccccc1. The molecule has 3 rings (SSSR count). The third-order valence-electron chi connectivity index (χ3n) is 4.17. The summed E-state index contributed by atoms with van der Waals surface area (Å²) in [6.07, 6.45) is -1.20. The van der Waals surface area contributed by atoms with Gasteiger partial charge in [0.1, 0.15) is 11.9 Å². The number of aromatic nitrogens is 2. The molecule has 1 amide bonds. The highest BCUT2D eigenvalue weighted by atomic mass is 19.4. The predicted octanol–water partition coefficient (Wildman–Crippen LogP) is 3.89. The van der Waals surface area contributed by atoms with E-state index in [1.165, 1.54) is 12.1 Å². The van der Waals surface area contributed by atoms with E-state index >= 15 is 0 Å².